The number of alkyl halides is 6. The summed E-state index contributed by atoms with van der Waals surface area (Å²) in [6, 6.07) is 6.67. The van der Waals surface area contributed by atoms with Crippen molar-refractivity contribution in [3.05, 3.63) is 75.3 Å². The maximum absolute atomic E-state index is 13.3. The number of carbonyl (C=O) groups excluding carboxylic acids is 2. The molecule has 0 saturated heterocycles. The van der Waals surface area contributed by atoms with E-state index in [1.165, 1.54) is 49.0 Å². The summed E-state index contributed by atoms with van der Waals surface area (Å²) < 4.78 is 78.9. The minimum absolute atomic E-state index is 0.0223. The zero-order valence-corrected chi connectivity index (χ0v) is 22.2. The number of aromatic nitrogens is 3. The maximum atomic E-state index is 13.3. The lowest BCUT2D eigenvalue weighted by atomic mass is 10.1. The number of nitrogens with zero attached hydrogens (tertiary/aromatic N) is 3. The second kappa shape index (κ2) is 11.9. The van der Waals surface area contributed by atoms with Crippen molar-refractivity contribution >= 4 is 40.9 Å². The molecule has 0 aliphatic heterocycles. The van der Waals surface area contributed by atoms with Crippen molar-refractivity contribution < 1.29 is 35.9 Å². The summed E-state index contributed by atoms with van der Waals surface area (Å²) in [6.45, 7) is 2.54. The third kappa shape index (κ3) is 7.44. The van der Waals surface area contributed by atoms with Crippen LogP contribution >= 0.6 is 23.4 Å². The first kappa shape index (κ1) is 30.3. The van der Waals surface area contributed by atoms with Crippen LogP contribution in [0.2, 0.25) is 5.02 Å². The van der Waals surface area contributed by atoms with Crippen LogP contribution in [-0.4, -0.2) is 44.6 Å². The van der Waals surface area contributed by atoms with Crippen LogP contribution in [0.25, 0.3) is 0 Å². The molecule has 2 amide bonds. The average Bonchev–Trinajstić information content (AvgIpc) is 3.25. The van der Waals surface area contributed by atoms with Crippen molar-refractivity contribution in [1.82, 2.24) is 20.1 Å². The highest BCUT2D eigenvalue weighted by Crippen LogP contribution is 2.35. The number of aryl methyl sites for hydroxylation is 1. The van der Waals surface area contributed by atoms with Crippen molar-refractivity contribution in [3.63, 3.8) is 0 Å². The van der Waals surface area contributed by atoms with E-state index in [4.69, 9.17) is 11.6 Å². The zero-order chi connectivity index (χ0) is 29.1. The molecule has 0 spiro atoms. The fourth-order valence-corrected chi connectivity index (χ4v) is 4.46. The number of hydrogen-bond donors (Lipinski definition) is 2. The molecule has 0 radical (unpaired) electrons. The second-order valence-corrected chi connectivity index (χ2v) is 9.77. The molecule has 1 aromatic carbocycles. The summed E-state index contributed by atoms with van der Waals surface area (Å²) in [5, 5.41) is 8.47. The van der Waals surface area contributed by atoms with E-state index in [-0.39, 0.29) is 50.0 Å². The highest BCUT2D eigenvalue weighted by molar-refractivity contribution is 7.98. The molecule has 39 heavy (non-hydrogen) atoms. The van der Waals surface area contributed by atoms with Gasteiger partial charge in [0, 0.05) is 17.9 Å². The lowest BCUT2D eigenvalue weighted by Crippen LogP contribution is -2.35. The Kier molecular flexibility index (Phi) is 9.21. The highest BCUT2D eigenvalue weighted by atomic mass is 35.5. The van der Waals surface area contributed by atoms with Crippen LogP contribution in [0.4, 0.5) is 32.0 Å². The van der Waals surface area contributed by atoms with Gasteiger partial charge in [0.25, 0.3) is 11.8 Å². The van der Waals surface area contributed by atoms with Gasteiger partial charge in [0.2, 0.25) is 0 Å². The summed E-state index contributed by atoms with van der Waals surface area (Å²) in [4.78, 5) is 30.0. The first-order valence-electron chi connectivity index (χ1n) is 11.2. The number of carbonyl (C=O) groups is 2. The van der Waals surface area contributed by atoms with Gasteiger partial charge in [-0.3, -0.25) is 19.3 Å². The summed E-state index contributed by atoms with van der Waals surface area (Å²) in [5.41, 5.74) is -3.02. The summed E-state index contributed by atoms with van der Waals surface area (Å²) in [5.74, 6) is -0.607. The van der Waals surface area contributed by atoms with E-state index in [0.717, 1.165) is 0 Å². The van der Waals surface area contributed by atoms with Crippen LogP contribution in [0.5, 0.6) is 0 Å². The van der Waals surface area contributed by atoms with Gasteiger partial charge in [-0.05, 0) is 44.4 Å². The van der Waals surface area contributed by atoms with Gasteiger partial charge in [0.05, 0.1) is 39.8 Å². The van der Waals surface area contributed by atoms with Gasteiger partial charge in [-0.1, -0.05) is 17.7 Å². The number of benzene rings is 1. The molecular formula is C24H22ClF6N5O2S. The molecule has 0 aliphatic rings. The average molecular weight is 594 g/mol. The van der Waals surface area contributed by atoms with E-state index in [0.29, 0.717) is 5.75 Å². The number of hydrogen-bond acceptors (Lipinski definition) is 5. The number of halogens is 7. The SMILES string of the molecule is CSC[C@H](C)NC(=O)c1c(Cl)cccc1C(=O)Nc1ccc(Cn2nc(C(F)(F)F)cc2C(F)(F)F)nc1C. The van der Waals surface area contributed by atoms with Crippen LogP contribution in [0, 0.1) is 6.92 Å². The Hall–Kier alpha value is -3.26. The van der Waals surface area contributed by atoms with E-state index in [1.807, 2.05) is 6.26 Å². The Morgan fingerprint density at radius 3 is 2.36 bits per heavy atom. The fourth-order valence-electron chi connectivity index (χ4n) is 3.61. The van der Waals surface area contributed by atoms with Crippen molar-refractivity contribution in [1.29, 1.82) is 0 Å². The van der Waals surface area contributed by atoms with Crippen LogP contribution in [0.3, 0.4) is 0 Å². The molecule has 0 fully saturated rings. The summed E-state index contributed by atoms with van der Waals surface area (Å²) >= 11 is 7.74. The van der Waals surface area contributed by atoms with Gasteiger partial charge in [0.15, 0.2) is 5.69 Å². The quantitative estimate of drug-likeness (QED) is 0.310. The first-order chi connectivity index (χ1) is 18.1. The van der Waals surface area contributed by atoms with Gasteiger partial charge in [-0.2, -0.15) is 43.2 Å². The van der Waals surface area contributed by atoms with E-state index >= 15 is 0 Å². The van der Waals surface area contributed by atoms with E-state index in [1.54, 1.807) is 6.92 Å². The topological polar surface area (TPSA) is 88.9 Å². The summed E-state index contributed by atoms with van der Waals surface area (Å²) in [6.07, 6.45) is -8.26. The largest absolute Gasteiger partial charge is 0.435 e. The number of amides is 2. The molecule has 2 heterocycles. The van der Waals surface area contributed by atoms with Gasteiger partial charge in [-0.15, -0.1) is 0 Å². The molecule has 0 saturated carbocycles. The minimum atomic E-state index is -5.08. The molecular weight excluding hydrogens is 572 g/mol. The third-order valence-electron chi connectivity index (χ3n) is 5.34. The van der Waals surface area contributed by atoms with Gasteiger partial charge >= 0.3 is 12.4 Å². The Balaban J connectivity index is 1.84. The lowest BCUT2D eigenvalue weighted by Gasteiger charge is -2.16. The molecule has 3 aromatic rings. The Morgan fingerprint density at radius 1 is 1.08 bits per heavy atom. The first-order valence-corrected chi connectivity index (χ1v) is 13.0. The smallest absolute Gasteiger partial charge is 0.349 e. The Bertz CT molecular complexity index is 1380. The molecule has 15 heteroatoms. The Labute approximate surface area is 228 Å². The summed E-state index contributed by atoms with van der Waals surface area (Å²) in [7, 11) is 0. The predicted molar refractivity (Wildman–Crippen MR) is 135 cm³/mol. The lowest BCUT2D eigenvalue weighted by molar-refractivity contribution is -0.144. The molecule has 3 rings (SSSR count). The third-order valence-corrected chi connectivity index (χ3v) is 6.49. The molecule has 7 nitrogen and oxygen atoms in total. The minimum Gasteiger partial charge on any atom is -0.349 e. The van der Waals surface area contributed by atoms with Gasteiger partial charge < -0.3 is 10.6 Å². The number of rotatable bonds is 8. The van der Waals surface area contributed by atoms with Crippen molar-refractivity contribution in [2.45, 2.75) is 38.8 Å². The monoisotopic (exact) mass is 593 g/mol. The fraction of sp³-hybridized carbons (Fsp3) is 0.333. The van der Waals surface area contributed by atoms with E-state index in [2.05, 4.69) is 20.7 Å². The van der Waals surface area contributed by atoms with E-state index < -0.39 is 42.1 Å². The molecule has 1 atom stereocenters. The maximum Gasteiger partial charge on any atom is 0.435 e. The molecule has 210 valence electrons. The van der Waals surface area contributed by atoms with Gasteiger partial charge in [0.1, 0.15) is 5.69 Å². The highest BCUT2D eigenvalue weighted by Gasteiger charge is 2.42. The molecule has 0 aliphatic carbocycles. The standard InChI is InChI=1S/C24H22ClF6N5O2S/c1-12(11-39-3)32-22(38)20-15(5-4-6-16(20)25)21(37)34-17-8-7-14(33-13(17)2)10-36-19(24(29,30)31)9-18(35-36)23(26,27)28/h4-9,12H,10-11H2,1-3H3,(H,32,38)(H,34,37)/t12-/m0/s1. The van der Waals surface area contributed by atoms with Crippen molar-refractivity contribution in [2.24, 2.45) is 0 Å². The van der Waals surface area contributed by atoms with Crippen molar-refractivity contribution in [3.8, 4) is 0 Å². The van der Waals surface area contributed by atoms with Gasteiger partial charge in [-0.25, -0.2) is 0 Å². The number of thioether (sulfide) groups is 1. The van der Waals surface area contributed by atoms with E-state index in [9.17, 15) is 35.9 Å². The zero-order valence-electron chi connectivity index (χ0n) is 20.7. The van der Waals surface area contributed by atoms with Crippen LogP contribution < -0.4 is 10.6 Å². The number of anilines is 1. The molecule has 2 N–H and O–H groups in total. The normalized spacial score (nSPS) is 12.8. The molecule has 2 aromatic heterocycles. The second-order valence-electron chi connectivity index (χ2n) is 8.45. The molecule has 0 bridgehead atoms. The van der Waals surface area contributed by atoms with Crippen LogP contribution in [0.15, 0.2) is 36.4 Å². The number of pyridine rings is 1. The number of nitrogens with one attached hydrogen (secondary N) is 2. The van der Waals surface area contributed by atoms with Crippen molar-refractivity contribution in [2.75, 3.05) is 17.3 Å². The van der Waals surface area contributed by atoms with Crippen LogP contribution in [0.1, 0.15) is 50.4 Å². The Morgan fingerprint density at radius 2 is 1.77 bits per heavy atom. The van der Waals surface area contributed by atoms with Crippen LogP contribution in [-0.2, 0) is 18.9 Å². The predicted octanol–water partition coefficient (Wildman–Crippen LogP) is 6.06. The molecule has 0 unspecified atom stereocenters.